The summed E-state index contributed by atoms with van der Waals surface area (Å²) in [7, 11) is 0. The Morgan fingerprint density at radius 1 is 0.972 bits per heavy atom. The van der Waals surface area contributed by atoms with E-state index in [1.807, 2.05) is 31.2 Å². The van der Waals surface area contributed by atoms with E-state index in [0.29, 0.717) is 11.3 Å². The van der Waals surface area contributed by atoms with Crippen LogP contribution in [0.2, 0.25) is 0 Å². The molecule has 1 amide bonds. The van der Waals surface area contributed by atoms with Crippen LogP contribution in [0.5, 0.6) is 0 Å². The number of alkyl halides is 2. The standard InChI is InChI=1S/C29H35F2N3OS/c1-18-9-14-24-23(15-18)25(17-26(34-24)28(2,3)30)32-20-10-12-21(13-11-20)33-27(35)19-7-6-8-22(16-19)36-29(4,5)31/h6-9,14-17,20-21H,10-13H2,1-5H3,(H,32,34)(H,33,35). The van der Waals surface area contributed by atoms with Crippen molar-refractivity contribution in [2.24, 2.45) is 0 Å². The average molecular weight is 512 g/mol. The topological polar surface area (TPSA) is 54.0 Å². The van der Waals surface area contributed by atoms with Gasteiger partial charge in [0.2, 0.25) is 0 Å². The Hall–Kier alpha value is -2.67. The molecule has 0 radical (unpaired) electrons. The van der Waals surface area contributed by atoms with Gasteiger partial charge in [-0.1, -0.05) is 29.5 Å². The summed E-state index contributed by atoms with van der Waals surface area (Å²) in [4.78, 5) is 18.1. The van der Waals surface area contributed by atoms with Gasteiger partial charge in [0.05, 0.1) is 11.2 Å². The lowest BCUT2D eigenvalue weighted by Gasteiger charge is -2.31. The molecule has 192 valence electrons. The third-order valence-corrected chi connectivity index (χ3v) is 7.43. The fourth-order valence-corrected chi connectivity index (χ4v) is 5.51. The zero-order valence-electron chi connectivity index (χ0n) is 21.6. The number of rotatable bonds is 7. The summed E-state index contributed by atoms with van der Waals surface area (Å²) >= 11 is 1.10. The van der Waals surface area contributed by atoms with E-state index in [-0.39, 0.29) is 18.0 Å². The summed E-state index contributed by atoms with van der Waals surface area (Å²) in [6.45, 7) is 8.11. The Morgan fingerprint density at radius 3 is 2.33 bits per heavy atom. The molecular weight excluding hydrogens is 476 g/mol. The number of fused-ring (bicyclic) bond motifs is 1. The van der Waals surface area contributed by atoms with Crippen LogP contribution < -0.4 is 10.6 Å². The van der Waals surface area contributed by atoms with Crippen LogP contribution in [0.25, 0.3) is 10.9 Å². The molecule has 1 aromatic heterocycles. The van der Waals surface area contributed by atoms with Crippen LogP contribution in [0.1, 0.15) is 75.0 Å². The van der Waals surface area contributed by atoms with Crippen LogP contribution in [0.15, 0.2) is 53.4 Å². The lowest BCUT2D eigenvalue weighted by atomic mass is 9.90. The van der Waals surface area contributed by atoms with E-state index in [4.69, 9.17) is 0 Å². The molecule has 1 fully saturated rings. The number of carbonyl (C=O) groups is 1. The van der Waals surface area contributed by atoms with E-state index in [9.17, 15) is 13.6 Å². The number of hydrogen-bond acceptors (Lipinski definition) is 4. The third kappa shape index (κ3) is 6.75. The Labute approximate surface area is 216 Å². The number of pyridine rings is 1. The summed E-state index contributed by atoms with van der Waals surface area (Å²) in [5.74, 6) is -0.129. The van der Waals surface area contributed by atoms with E-state index in [1.54, 1.807) is 18.2 Å². The van der Waals surface area contributed by atoms with Gasteiger partial charge in [-0.05, 0) is 96.7 Å². The number of nitrogens with zero attached hydrogens (tertiary/aromatic N) is 1. The molecular formula is C29H35F2N3OS. The van der Waals surface area contributed by atoms with Gasteiger partial charge >= 0.3 is 0 Å². The number of nitrogens with one attached hydrogen (secondary N) is 2. The molecule has 36 heavy (non-hydrogen) atoms. The van der Waals surface area contributed by atoms with Crippen molar-refractivity contribution < 1.29 is 13.6 Å². The predicted molar refractivity (Wildman–Crippen MR) is 145 cm³/mol. The Kier molecular flexibility index (Phi) is 7.60. The second-order valence-electron chi connectivity index (χ2n) is 10.7. The number of halogens is 2. The minimum Gasteiger partial charge on any atom is -0.382 e. The molecule has 2 N–H and O–H groups in total. The van der Waals surface area contributed by atoms with Crippen molar-refractivity contribution in [2.75, 3.05) is 5.32 Å². The molecule has 4 rings (SSSR count). The molecule has 1 heterocycles. The first-order chi connectivity index (χ1) is 16.9. The molecule has 1 aliphatic rings. The zero-order chi connectivity index (χ0) is 26.1. The zero-order valence-corrected chi connectivity index (χ0v) is 22.4. The Balaban J connectivity index is 1.40. The second-order valence-corrected chi connectivity index (χ2v) is 12.4. The van der Waals surface area contributed by atoms with Gasteiger partial charge in [-0.15, -0.1) is 0 Å². The molecule has 0 unspecified atom stereocenters. The van der Waals surface area contributed by atoms with Crippen molar-refractivity contribution in [1.29, 1.82) is 0 Å². The largest absolute Gasteiger partial charge is 0.382 e. The predicted octanol–water partition coefficient (Wildman–Crippen LogP) is 7.70. The maximum atomic E-state index is 14.8. The number of carbonyl (C=O) groups excluding carboxylic acids is 1. The molecule has 3 aromatic rings. The first-order valence-corrected chi connectivity index (χ1v) is 13.4. The van der Waals surface area contributed by atoms with E-state index in [2.05, 4.69) is 21.7 Å². The van der Waals surface area contributed by atoms with E-state index >= 15 is 0 Å². The molecule has 2 aromatic carbocycles. The Bertz CT molecular complexity index is 1240. The van der Waals surface area contributed by atoms with Gasteiger partial charge in [0.15, 0.2) is 5.00 Å². The minimum atomic E-state index is -1.53. The summed E-state index contributed by atoms with van der Waals surface area (Å²) < 4.78 is 28.7. The number of amides is 1. The van der Waals surface area contributed by atoms with E-state index < -0.39 is 10.7 Å². The lowest BCUT2D eigenvalue weighted by Crippen LogP contribution is -2.40. The van der Waals surface area contributed by atoms with Crippen molar-refractivity contribution in [1.82, 2.24) is 10.3 Å². The van der Waals surface area contributed by atoms with Crippen molar-refractivity contribution >= 4 is 34.3 Å². The van der Waals surface area contributed by atoms with Gasteiger partial charge < -0.3 is 10.6 Å². The summed E-state index contributed by atoms with van der Waals surface area (Å²) in [5.41, 5.74) is 2.24. The number of thioether (sulfide) groups is 1. The number of benzene rings is 2. The molecule has 7 heteroatoms. The van der Waals surface area contributed by atoms with Crippen LogP contribution in [0, 0.1) is 6.92 Å². The summed E-state index contributed by atoms with van der Waals surface area (Å²) in [5, 5.41) is 6.38. The van der Waals surface area contributed by atoms with Crippen molar-refractivity contribution in [3.63, 3.8) is 0 Å². The van der Waals surface area contributed by atoms with E-state index in [1.165, 1.54) is 27.7 Å². The van der Waals surface area contributed by atoms with E-state index in [0.717, 1.165) is 64.5 Å². The van der Waals surface area contributed by atoms with Gasteiger partial charge in [-0.25, -0.2) is 13.8 Å². The number of anilines is 1. The third-order valence-electron chi connectivity index (χ3n) is 6.45. The van der Waals surface area contributed by atoms with Crippen LogP contribution in [0.4, 0.5) is 14.5 Å². The van der Waals surface area contributed by atoms with Crippen molar-refractivity contribution in [3.05, 3.63) is 65.4 Å². The fraction of sp³-hybridized carbons (Fsp3) is 0.448. The quantitative estimate of drug-likeness (QED) is 0.319. The van der Waals surface area contributed by atoms with Gasteiger partial charge in [-0.2, -0.15) is 0 Å². The molecule has 0 bridgehead atoms. The highest BCUT2D eigenvalue weighted by atomic mass is 32.2. The van der Waals surface area contributed by atoms with Gasteiger partial charge in [-0.3, -0.25) is 4.79 Å². The fourth-order valence-electron chi connectivity index (χ4n) is 4.62. The number of aromatic nitrogens is 1. The highest BCUT2D eigenvalue weighted by molar-refractivity contribution is 8.00. The molecule has 1 saturated carbocycles. The van der Waals surface area contributed by atoms with Gasteiger partial charge in [0.25, 0.3) is 5.91 Å². The highest BCUT2D eigenvalue weighted by Crippen LogP contribution is 2.34. The highest BCUT2D eigenvalue weighted by Gasteiger charge is 2.26. The van der Waals surface area contributed by atoms with Gasteiger partial charge in [0.1, 0.15) is 5.67 Å². The van der Waals surface area contributed by atoms with Crippen LogP contribution in [-0.4, -0.2) is 28.0 Å². The molecule has 4 nitrogen and oxygen atoms in total. The van der Waals surface area contributed by atoms with Crippen LogP contribution in [0.3, 0.4) is 0 Å². The summed E-state index contributed by atoms with van der Waals surface area (Å²) in [6.07, 6.45) is 3.47. The molecule has 1 aliphatic carbocycles. The minimum absolute atomic E-state index is 0.0845. The SMILES string of the molecule is Cc1ccc2nc(C(C)(C)F)cc(NC3CCC(NC(=O)c4cccc(SC(C)(C)F)c4)CC3)c2c1. The van der Waals surface area contributed by atoms with Crippen molar-refractivity contribution in [2.45, 2.75) is 88.0 Å². The molecule has 0 spiro atoms. The summed E-state index contributed by atoms with van der Waals surface area (Å²) in [6, 6.07) is 15.3. The van der Waals surface area contributed by atoms with Crippen molar-refractivity contribution in [3.8, 4) is 0 Å². The second kappa shape index (κ2) is 10.4. The molecule has 0 aliphatic heterocycles. The first kappa shape index (κ1) is 26.4. The first-order valence-electron chi connectivity index (χ1n) is 12.5. The normalized spacial score (nSPS) is 18.8. The number of hydrogen-bond donors (Lipinski definition) is 2. The van der Waals surface area contributed by atoms with Gasteiger partial charge in [0, 0.05) is 33.6 Å². The average Bonchev–Trinajstić information content (AvgIpc) is 2.79. The molecule has 0 saturated heterocycles. The van der Waals surface area contributed by atoms with Crippen LogP contribution in [-0.2, 0) is 5.67 Å². The van der Waals surface area contributed by atoms with Crippen LogP contribution >= 0.6 is 11.8 Å². The lowest BCUT2D eigenvalue weighted by molar-refractivity contribution is 0.0926. The Morgan fingerprint density at radius 2 is 1.67 bits per heavy atom. The molecule has 0 atom stereocenters. The maximum absolute atomic E-state index is 14.8. The maximum Gasteiger partial charge on any atom is 0.251 e. The smallest absolute Gasteiger partial charge is 0.251 e. The number of aryl methyl sites for hydroxylation is 1. The monoisotopic (exact) mass is 511 g/mol.